The molecule has 0 fully saturated rings. The lowest BCUT2D eigenvalue weighted by Gasteiger charge is -2.27. The first kappa shape index (κ1) is 15.2. The average molecular weight is 435 g/mol. The number of nitrogens with two attached hydrogens (primary N) is 1. The highest BCUT2D eigenvalue weighted by atomic mass is 79.9. The van der Waals surface area contributed by atoms with Crippen LogP contribution in [0.1, 0.15) is 0 Å². The minimum atomic E-state index is -4.01. The molecule has 2 rings (SSSR count). The largest absolute Gasteiger partial charge is 0.367 e. The van der Waals surface area contributed by atoms with Crippen LogP contribution in [0.5, 0.6) is 0 Å². The fraction of sp³-hybridized carbons (Fsp3) is 0.250. The molecule has 0 saturated carbocycles. The maximum atomic E-state index is 12.0. The van der Waals surface area contributed by atoms with Gasteiger partial charge in [-0.15, -0.1) is 0 Å². The summed E-state index contributed by atoms with van der Waals surface area (Å²) < 4.78 is 49.3. The predicted molar refractivity (Wildman–Crippen MR) is 77.0 cm³/mol. The summed E-state index contributed by atoms with van der Waals surface area (Å²) in [6.07, 6.45) is -0.510. The van der Waals surface area contributed by atoms with Crippen molar-refractivity contribution in [1.82, 2.24) is 4.72 Å². The van der Waals surface area contributed by atoms with E-state index in [2.05, 4.69) is 41.9 Å². The summed E-state index contributed by atoms with van der Waals surface area (Å²) in [4.78, 5) is -0.437. The van der Waals surface area contributed by atoms with Crippen LogP contribution in [0.15, 0.2) is 26.4 Å². The summed E-state index contributed by atoms with van der Waals surface area (Å²) in [6, 6.07) is 2.40. The standard InChI is InChI=1S/C8H9Br2N3O4S2/c9-3-8-12-5-1-4(10)6(18(11,14)15)2-7(5)19(16,17)13-8/h1-2,8,12-13H,3H2,(H2,11,14,15). The molecule has 4 N–H and O–H groups in total. The van der Waals surface area contributed by atoms with Crippen LogP contribution in [0.2, 0.25) is 0 Å². The molecule has 1 aliphatic heterocycles. The number of primary sulfonamides is 1. The molecule has 7 nitrogen and oxygen atoms in total. The lowest BCUT2D eigenvalue weighted by atomic mass is 10.3. The maximum absolute atomic E-state index is 12.0. The second-order valence-corrected chi connectivity index (χ2v) is 8.51. The van der Waals surface area contributed by atoms with Crippen LogP contribution in [0, 0.1) is 0 Å². The van der Waals surface area contributed by atoms with Crippen LogP contribution in [0.3, 0.4) is 0 Å². The Labute approximate surface area is 127 Å². The van der Waals surface area contributed by atoms with Gasteiger partial charge in [0.1, 0.15) is 11.1 Å². The maximum Gasteiger partial charge on any atom is 0.244 e. The highest BCUT2D eigenvalue weighted by Crippen LogP contribution is 2.33. The number of anilines is 1. The van der Waals surface area contributed by atoms with Crippen LogP contribution in [-0.4, -0.2) is 28.3 Å². The van der Waals surface area contributed by atoms with E-state index in [9.17, 15) is 16.8 Å². The van der Waals surface area contributed by atoms with Crippen LogP contribution in [0.25, 0.3) is 0 Å². The van der Waals surface area contributed by atoms with Gasteiger partial charge < -0.3 is 5.32 Å². The Balaban J connectivity index is 2.70. The number of alkyl halides is 1. The molecule has 0 aromatic heterocycles. The van der Waals surface area contributed by atoms with Gasteiger partial charge in [-0.2, -0.15) is 4.72 Å². The number of sulfonamides is 2. The monoisotopic (exact) mass is 433 g/mol. The normalized spacial score (nSPS) is 21.5. The van der Waals surface area contributed by atoms with Crippen LogP contribution < -0.4 is 15.2 Å². The van der Waals surface area contributed by atoms with Gasteiger partial charge in [-0.1, -0.05) is 15.9 Å². The fourth-order valence-corrected chi connectivity index (χ4v) is 5.20. The molecule has 0 radical (unpaired) electrons. The number of rotatable bonds is 2. The molecule has 1 aromatic rings. The van der Waals surface area contributed by atoms with E-state index in [1.54, 1.807) is 0 Å². The van der Waals surface area contributed by atoms with E-state index in [0.29, 0.717) is 11.0 Å². The molecule has 1 aliphatic rings. The smallest absolute Gasteiger partial charge is 0.244 e. The Morgan fingerprint density at radius 2 is 2.00 bits per heavy atom. The fourth-order valence-electron chi connectivity index (χ4n) is 1.63. The van der Waals surface area contributed by atoms with E-state index in [1.807, 2.05) is 0 Å². The molecule has 0 bridgehead atoms. The van der Waals surface area contributed by atoms with Gasteiger partial charge in [-0.25, -0.2) is 22.0 Å². The summed E-state index contributed by atoms with van der Waals surface area (Å²) >= 11 is 6.23. The Bertz CT molecular complexity index is 733. The highest BCUT2D eigenvalue weighted by Gasteiger charge is 2.31. The first-order valence-corrected chi connectivity index (χ1v) is 9.81. The summed E-state index contributed by atoms with van der Waals surface area (Å²) in [5, 5.41) is 8.31. The number of nitrogens with one attached hydrogen (secondary N) is 2. The first-order valence-electron chi connectivity index (χ1n) is 4.86. The van der Waals surface area contributed by atoms with Crippen molar-refractivity contribution in [2.45, 2.75) is 16.0 Å². The molecule has 1 heterocycles. The Morgan fingerprint density at radius 1 is 1.37 bits per heavy atom. The zero-order valence-electron chi connectivity index (χ0n) is 9.22. The zero-order chi connectivity index (χ0) is 14.4. The van der Waals surface area contributed by atoms with E-state index in [-0.39, 0.29) is 14.3 Å². The Morgan fingerprint density at radius 3 is 2.53 bits per heavy atom. The van der Waals surface area contributed by atoms with Crippen molar-refractivity contribution in [3.8, 4) is 0 Å². The number of fused-ring (bicyclic) bond motifs is 1. The molecule has 0 amide bonds. The van der Waals surface area contributed by atoms with Crippen molar-refractivity contribution in [2.75, 3.05) is 10.6 Å². The van der Waals surface area contributed by atoms with Gasteiger partial charge in [-0.05, 0) is 28.1 Å². The average Bonchev–Trinajstić information content (AvgIpc) is 2.25. The van der Waals surface area contributed by atoms with Gasteiger partial charge in [-0.3, -0.25) is 0 Å². The zero-order valence-corrected chi connectivity index (χ0v) is 14.0. The van der Waals surface area contributed by atoms with Crippen molar-refractivity contribution in [2.24, 2.45) is 5.14 Å². The van der Waals surface area contributed by atoms with Crippen LogP contribution in [0.4, 0.5) is 5.69 Å². The van der Waals surface area contributed by atoms with E-state index in [0.717, 1.165) is 6.07 Å². The van der Waals surface area contributed by atoms with Gasteiger partial charge in [0.2, 0.25) is 20.0 Å². The second-order valence-electron chi connectivity index (χ2n) is 3.80. The lowest BCUT2D eigenvalue weighted by molar-refractivity contribution is 0.567. The van der Waals surface area contributed by atoms with Crippen LogP contribution in [-0.2, 0) is 20.0 Å². The third-order valence-corrected chi connectivity index (χ3v) is 6.44. The summed E-state index contributed by atoms with van der Waals surface area (Å²) in [7, 11) is -7.80. The predicted octanol–water partition coefficient (Wildman–Crippen LogP) is 0.521. The molecule has 0 saturated heterocycles. The molecular formula is C8H9Br2N3O4S2. The topological polar surface area (TPSA) is 118 Å². The molecule has 0 spiro atoms. The summed E-state index contributed by atoms with van der Waals surface area (Å²) in [6.45, 7) is 0. The SMILES string of the molecule is NS(=O)(=O)c1cc2c(cc1Br)NC(CBr)NS2(=O)=O. The highest BCUT2D eigenvalue weighted by molar-refractivity contribution is 9.10. The first-order chi connectivity index (χ1) is 8.65. The van der Waals surface area contributed by atoms with Crippen molar-refractivity contribution in [1.29, 1.82) is 0 Å². The molecular weight excluding hydrogens is 426 g/mol. The molecule has 1 unspecified atom stereocenters. The number of halogens is 2. The van der Waals surface area contributed by atoms with Crippen molar-refractivity contribution in [3.63, 3.8) is 0 Å². The molecule has 1 atom stereocenters. The minimum Gasteiger partial charge on any atom is -0.367 e. The van der Waals surface area contributed by atoms with Gasteiger partial charge in [0.05, 0.1) is 10.6 Å². The number of benzene rings is 1. The Kier molecular flexibility index (Phi) is 3.97. The van der Waals surface area contributed by atoms with Gasteiger partial charge in [0, 0.05) is 9.80 Å². The summed E-state index contributed by atoms with van der Waals surface area (Å²) in [5.41, 5.74) is 0.308. The van der Waals surface area contributed by atoms with Crippen molar-refractivity contribution < 1.29 is 16.8 Å². The third kappa shape index (κ3) is 2.95. The third-order valence-electron chi connectivity index (χ3n) is 2.41. The lowest BCUT2D eigenvalue weighted by Crippen LogP contribution is -2.45. The van der Waals surface area contributed by atoms with Gasteiger partial charge in [0.25, 0.3) is 0 Å². The second kappa shape index (κ2) is 4.97. The van der Waals surface area contributed by atoms with Crippen molar-refractivity contribution in [3.05, 3.63) is 16.6 Å². The molecule has 11 heteroatoms. The van der Waals surface area contributed by atoms with E-state index in [4.69, 9.17) is 5.14 Å². The van der Waals surface area contributed by atoms with Crippen LogP contribution >= 0.6 is 31.9 Å². The van der Waals surface area contributed by atoms with E-state index >= 15 is 0 Å². The molecule has 1 aromatic carbocycles. The molecule has 19 heavy (non-hydrogen) atoms. The van der Waals surface area contributed by atoms with E-state index in [1.165, 1.54) is 6.07 Å². The van der Waals surface area contributed by atoms with Gasteiger partial charge in [0.15, 0.2) is 0 Å². The number of hydrogen-bond donors (Lipinski definition) is 3. The van der Waals surface area contributed by atoms with Crippen molar-refractivity contribution >= 4 is 57.6 Å². The minimum absolute atomic E-state index is 0.156. The van der Waals surface area contributed by atoms with E-state index < -0.39 is 26.2 Å². The quantitative estimate of drug-likeness (QED) is 0.586. The number of hydrogen-bond acceptors (Lipinski definition) is 5. The molecule has 0 aliphatic carbocycles. The summed E-state index contributed by atoms with van der Waals surface area (Å²) in [5.74, 6) is 0. The Hall–Kier alpha value is -0.200. The molecule has 106 valence electrons. The van der Waals surface area contributed by atoms with Gasteiger partial charge >= 0.3 is 0 Å².